The molecule has 22 heavy (non-hydrogen) atoms. The molecule has 6 heteroatoms. The second kappa shape index (κ2) is 5.33. The number of imidazole rings is 1. The number of aromatic nitrogens is 2. The van der Waals surface area contributed by atoms with Gasteiger partial charge in [-0.25, -0.2) is 0 Å². The first-order valence-corrected chi connectivity index (χ1v) is 13.8. The number of nitrogens with zero attached hydrogens (tertiary/aromatic N) is 2. The Bertz CT molecular complexity index is 532. The van der Waals surface area contributed by atoms with Crippen molar-refractivity contribution in [2.24, 2.45) is 0 Å². The summed E-state index contributed by atoms with van der Waals surface area (Å²) in [5.41, 5.74) is 0. The molecule has 1 rings (SSSR count). The van der Waals surface area contributed by atoms with Gasteiger partial charge in [0, 0.05) is 0 Å². The molecular formula is C16H32N2O2Si2. The van der Waals surface area contributed by atoms with Crippen molar-refractivity contribution in [1.29, 1.82) is 0 Å². The number of hydrogen-bond donors (Lipinski definition) is 0. The Morgan fingerprint density at radius 3 is 1.82 bits per heavy atom. The molecule has 0 aromatic carbocycles. The lowest BCUT2D eigenvalue weighted by atomic mass is 10.2. The monoisotopic (exact) mass is 340 g/mol. The summed E-state index contributed by atoms with van der Waals surface area (Å²) in [6.07, 6.45) is 3.92. The third-order valence-electron chi connectivity index (χ3n) is 5.88. The van der Waals surface area contributed by atoms with Crippen molar-refractivity contribution in [1.82, 2.24) is 4.23 Å². The average Bonchev–Trinajstić information content (AvgIpc) is 2.70. The van der Waals surface area contributed by atoms with E-state index in [-0.39, 0.29) is 10.1 Å². The van der Waals surface area contributed by atoms with Gasteiger partial charge in [0.1, 0.15) is 12.4 Å². The standard InChI is InChI=1S/C16H32N2O2Si2/c1-15(2,3)21(7,8)17-11-12-18(13(17)14(19)20)22(9,10)16(4,5)6/h11-12H,1-10H3. The normalized spacial score (nSPS) is 14.3. The zero-order valence-corrected chi connectivity index (χ0v) is 17.9. The minimum Gasteiger partial charge on any atom is -0.538 e. The van der Waals surface area contributed by atoms with Gasteiger partial charge >= 0.3 is 0 Å². The van der Waals surface area contributed by atoms with Crippen LogP contribution in [0.2, 0.25) is 36.3 Å². The smallest absolute Gasteiger partial charge is 0.275 e. The third kappa shape index (κ3) is 2.95. The largest absolute Gasteiger partial charge is 0.538 e. The first-order chi connectivity index (χ1) is 9.55. The fourth-order valence-electron chi connectivity index (χ4n) is 2.21. The summed E-state index contributed by atoms with van der Waals surface area (Å²) in [4.78, 5) is 11.9. The van der Waals surface area contributed by atoms with Gasteiger partial charge in [-0.3, -0.25) is 8.47 Å². The number of hydrogen-bond acceptors (Lipinski definition) is 2. The Morgan fingerprint density at radius 1 is 1.05 bits per heavy atom. The maximum absolute atomic E-state index is 11.9. The predicted octanol–water partition coefficient (Wildman–Crippen LogP) is 2.85. The van der Waals surface area contributed by atoms with Crippen LogP contribution in [0.5, 0.6) is 0 Å². The first-order valence-electron chi connectivity index (χ1n) is 7.90. The van der Waals surface area contributed by atoms with E-state index in [0.29, 0.717) is 5.82 Å². The second-order valence-corrected chi connectivity index (χ2v) is 19.5. The van der Waals surface area contributed by atoms with Crippen molar-refractivity contribution in [3.05, 3.63) is 18.2 Å². The van der Waals surface area contributed by atoms with E-state index in [1.54, 1.807) is 0 Å². The van der Waals surface area contributed by atoms with Crippen molar-refractivity contribution >= 4 is 22.4 Å². The minimum atomic E-state index is -2.01. The molecule has 0 aliphatic heterocycles. The summed E-state index contributed by atoms with van der Waals surface area (Å²) in [6.45, 7) is 22.0. The predicted molar refractivity (Wildman–Crippen MR) is 94.1 cm³/mol. The van der Waals surface area contributed by atoms with Gasteiger partial charge in [-0.1, -0.05) is 41.5 Å². The first kappa shape index (κ1) is 19.2. The number of rotatable bonds is 3. The number of carbonyl (C=O) groups is 1. The molecule has 0 fully saturated rings. The van der Waals surface area contributed by atoms with Crippen molar-refractivity contribution < 1.29 is 14.1 Å². The number of carboxylic acids is 1. The van der Waals surface area contributed by atoms with E-state index in [1.807, 2.05) is 20.9 Å². The Labute approximate surface area is 137 Å². The zero-order chi connectivity index (χ0) is 17.7. The van der Waals surface area contributed by atoms with Gasteiger partial charge in [0.2, 0.25) is 0 Å². The molecule has 0 saturated heterocycles. The van der Waals surface area contributed by atoms with Crippen LogP contribution in [-0.2, 0) is 0 Å². The lowest BCUT2D eigenvalue weighted by Gasteiger charge is -2.36. The molecule has 0 amide bonds. The Hall–Kier alpha value is -0.886. The maximum Gasteiger partial charge on any atom is 0.275 e. The van der Waals surface area contributed by atoms with E-state index in [9.17, 15) is 9.90 Å². The Balaban J connectivity index is 3.67. The van der Waals surface area contributed by atoms with Gasteiger partial charge < -0.3 is 9.90 Å². The molecule has 126 valence electrons. The van der Waals surface area contributed by atoms with E-state index in [4.69, 9.17) is 0 Å². The average molecular weight is 341 g/mol. The van der Waals surface area contributed by atoms with Crippen LogP contribution in [-0.4, -0.2) is 26.7 Å². The van der Waals surface area contributed by atoms with E-state index in [1.165, 1.54) is 0 Å². The summed E-state index contributed by atoms with van der Waals surface area (Å²) in [5.74, 6) is -0.724. The highest BCUT2D eigenvalue weighted by Gasteiger charge is 2.50. The lowest BCUT2D eigenvalue weighted by molar-refractivity contribution is -0.555. The minimum absolute atomic E-state index is 0.0570. The van der Waals surface area contributed by atoms with Crippen LogP contribution >= 0.6 is 0 Å². The summed E-state index contributed by atoms with van der Waals surface area (Å²) >= 11 is 0. The molecule has 0 saturated carbocycles. The molecule has 1 aromatic rings. The lowest BCUT2D eigenvalue weighted by Crippen LogP contribution is -2.68. The van der Waals surface area contributed by atoms with E-state index in [0.717, 1.165) is 0 Å². The number of carboxylic acid groups (broad SMARTS) is 1. The number of carbonyl (C=O) groups excluding carboxylic acids is 1. The van der Waals surface area contributed by atoms with E-state index < -0.39 is 22.4 Å². The zero-order valence-electron chi connectivity index (χ0n) is 15.9. The molecule has 0 radical (unpaired) electrons. The van der Waals surface area contributed by atoms with Crippen LogP contribution in [0.25, 0.3) is 0 Å². The Morgan fingerprint density at radius 2 is 1.50 bits per heavy atom. The summed E-state index contributed by atoms with van der Waals surface area (Å²) < 4.78 is 4.03. The van der Waals surface area contributed by atoms with Gasteiger partial charge in [0.15, 0.2) is 5.97 Å². The van der Waals surface area contributed by atoms with E-state index >= 15 is 0 Å². The van der Waals surface area contributed by atoms with Crippen LogP contribution in [0.4, 0.5) is 0 Å². The van der Waals surface area contributed by atoms with Crippen LogP contribution in [0.3, 0.4) is 0 Å². The second-order valence-electron chi connectivity index (χ2n) is 9.27. The van der Waals surface area contributed by atoms with E-state index in [2.05, 4.69) is 67.7 Å². The summed E-state index contributed by atoms with van der Waals surface area (Å²) in [7, 11) is -4.02. The van der Waals surface area contributed by atoms with Crippen LogP contribution in [0.15, 0.2) is 12.4 Å². The molecule has 0 N–H and O–H groups in total. The van der Waals surface area contributed by atoms with Gasteiger partial charge in [-0.15, -0.1) is 0 Å². The van der Waals surface area contributed by atoms with Crippen molar-refractivity contribution in [2.75, 3.05) is 0 Å². The van der Waals surface area contributed by atoms with Crippen LogP contribution < -0.4 is 9.34 Å². The quantitative estimate of drug-likeness (QED) is 0.794. The molecule has 0 aliphatic carbocycles. The fraction of sp³-hybridized carbons (Fsp3) is 0.750. The SMILES string of the molecule is CC(C)(C)[Si](C)(C)n1cc[n+]([Si](C)(C)C(C)(C)C)c1C(=O)[O-]. The van der Waals surface area contributed by atoms with Gasteiger partial charge in [-0.2, -0.15) is 0 Å². The highest BCUT2D eigenvalue weighted by Crippen LogP contribution is 2.38. The van der Waals surface area contributed by atoms with Crippen molar-refractivity contribution in [3.63, 3.8) is 0 Å². The summed E-state index contributed by atoms with van der Waals surface area (Å²) in [5, 5.41) is 12.1. The fourth-order valence-corrected chi connectivity index (χ4v) is 6.09. The van der Waals surface area contributed by atoms with Crippen LogP contribution in [0.1, 0.15) is 52.2 Å². The van der Waals surface area contributed by atoms with Gasteiger partial charge in [0.05, 0.1) is 0 Å². The molecule has 0 aliphatic rings. The van der Waals surface area contributed by atoms with Gasteiger partial charge in [0.25, 0.3) is 22.3 Å². The molecule has 0 spiro atoms. The number of aromatic carboxylic acids is 1. The maximum atomic E-state index is 11.9. The third-order valence-corrected chi connectivity index (χ3v) is 16.4. The molecule has 0 bridgehead atoms. The molecule has 0 atom stereocenters. The topological polar surface area (TPSA) is 48.9 Å². The molecule has 4 nitrogen and oxygen atoms in total. The molecule has 0 unspecified atom stereocenters. The highest BCUT2D eigenvalue weighted by molar-refractivity contribution is 6.79. The van der Waals surface area contributed by atoms with Crippen LogP contribution in [0, 0.1) is 0 Å². The van der Waals surface area contributed by atoms with Gasteiger partial charge in [-0.05, 0) is 36.3 Å². The molecule has 1 aromatic heterocycles. The molecule has 1 heterocycles. The van der Waals surface area contributed by atoms with Crippen molar-refractivity contribution in [3.8, 4) is 0 Å². The van der Waals surface area contributed by atoms with Crippen molar-refractivity contribution in [2.45, 2.75) is 77.8 Å². The molecular weight excluding hydrogens is 308 g/mol. The Kier molecular flexibility index (Phi) is 4.65. The summed E-state index contributed by atoms with van der Waals surface area (Å²) in [6, 6.07) is 0. The highest BCUT2D eigenvalue weighted by atomic mass is 28.3.